The summed E-state index contributed by atoms with van der Waals surface area (Å²) in [5, 5.41) is 12.1. The minimum Gasteiger partial charge on any atom is -0.476 e. The van der Waals surface area contributed by atoms with Gasteiger partial charge < -0.3 is 5.11 Å². The maximum Gasteiger partial charge on any atom is 0.356 e. The molecule has 0 fully saturated rings. The Kier molecular flexibility index (Phi) is 4.32. The zero-order valence-corrected chi connectivity index (χ0v) is 8.79. The van der Waals surface area contributed by atoms with Crippen LogP contribution in [0.5, 0.6) is 0 Å². The minimum absolute atomic E-state index is 0.0680. The first-order chi connectivity index (χ1) is 7.65. The molecular weight excluding hydrogens is 232 g/mol. The summed E-state index contributed by atoms with van der Waals surface area (Å²) in [6.45, 7) is 0.217. The molecule has 16 heavy (non-hydrogen) atoms. The average Bonchev–Trinajstić information content (AvgIpc) is 2.24. The van der Waals surface area contributed by atoms with E-state index in [9.17, 15) is 4.79 Å². The van der Waals surface area contributed by atoms with Gasteiger partial charge in [0.05, 0.1) is 5.02 Å². The van der Waals surface area contributed by atoms with Crippen molar-refractivity contribution >= 4 is 23.6 Å². The van der Waals surface area contributed by atoms with E-state index in [-0.39, 0.29) is 17.3 Å². The van der Waals surface area contributed by atoms with Gasteiger partial charge in [-0.15, -0.1) is 0 Å². The standard InChI is InChI=1S/C9H7ClN4O2/c10-7-4-6(2-1-3-13-14-11)5-12-8(7)9(15)16/h1-2,4-5H,3H2,(H,15,16). The number of hydrogen-bond donors (Lipinski definition) is 1. The number of nitrogens with zero attached hydrogens (tertiary/aromatic N) is 4. The van der Waals surface area contributed by atoms with Crippen LogP contribution in [0.1, 0.15) is 16.1 Å². The number of carboxylic acid groups (broad SMARTS) is 1. The molecular formula is C9H7ClN4O2. The van der Waals surface area contributed by atoms with Crippen molar-refractivity contribution in [3.05, 3.63) is 45.1 Å². The maximum atomic E-state index is 10.6. The lowest BCUT2D eigenvalue weighted by Gasteiger charge is -1.98. The summed E-state index contributed by atoms with van der Waals surface area (Å²) in [5.74, 6) is -1.17. The molecule has 0 unspecified atom stereocenters. The van der Waals surface area contributed by atoms with Crippen LogP contribution < -0.4 is 0 Å². The fourth-order valence-electron chi connectivity index (χ4n) is 0.974. The Bertz CT molecular complexity index is 480. The van der Waals surface area contributed by atoms with Crippen LogP contribution in [0.25, 0.3) is 16.5 Å². The van der Waals surface area contributed by atoms with E-state index in [4.69, 9.17) is 22.2 Å². The lowest BCUT2D eigenvalue weighted by atomic mass is 10.2. The molecule has 0 aliphatic rings. The molecule has 6 nitrogen and oxygen atoms in total. The molecule has 0 saturated carbocycles. The molecule has 0 amide bonds. The summed E-state index contributed by atoms with van der Waals surface area (Å²) >= 11 is 5.71. The number of rotatable bonds is 4. The van der Waals surface area contributed by atoms with Crippen molar-refractivity contribution in [1.29, 1.82) is 0 Å². The van der Waals surface area contributed by atoms with Gasteiger partial charge in [0.15, 0.2) is 5.69 Å². The number of aromatic nitrogens is 1. The lowest BCUT2D eigenvalue weighted by Crippen LogP contribution is -2.01. The minimum atomic E-state index is -1.17. The highest BCUT2D eigenvalue weighted by Gasteiger charge is 2.09. The fraction of sp³-hybridized carbons (Fsp3) is 0.111. The third kappa shape index (κ3) is 3.27. The number of hydrogen-bond acceptors (Lipinski definition) is 3. The lowest BCUT2D eigenvalue weighted by molar-refractivity contribution is 0.0690. The van der Waals surface area contributed by atoms with E-state index in [0.717, 1.165) is 0 Å². The van der Waals surface area contributed by atoms with E-state index in [0.29, 0.717) is 5.56 Å². The van der Waals surface area contributed by atoms with E-state index in [2.05, 4.69) is 15.0 Å². The monoisotopic (exact) mass is 238 g/mol. The molecule has 82 valence electrons. The predicted octanol–water partition coefficient (Wildman–Crippen LogP) is 2.76. The molecule has 1 aromatic rings. The highest BCUT2D eigenvalue weighted by atomic mass is 35.5. The molecule has 0 aliphatic heterocycles. The van der Waals surface area contributed by atoms with Crippen molar-refractivity contribution in [3.8, 4) is 0 Å². The van der Waals surface area contributed by atoms with E-state index in [1.807, 2.05) is 0 Å². The van der Waals surface area contributed by atoms with Crippen LogP contribution in [0.3, 0.4) is 0 Å². The second kappa shape index (κ2) is 5.75. The number of halogens is 1. The van der Waals surface area contributed by atoms with Crippen molar-refractivity contribution in [2.24, 2.45) is 5.11 Å². The summed E-state index contributed by atoms with van der Waals surface area (Å²) in [6, 6.07) is 1.48. The molecule has 0 saturated heterocycles. The highest BCUT2D eigenvalue weighted by molar-refractivity contribution is 6.33. The zero-order valence-electron chi connectivity index (χ0n) is 8.04. The van der Waals surface area contributed by atoms with Gasteiger partial charge in [-0.05, 0) is 17.2 Å². The Morgan fingerprint density at radius 2 is 2.50 bits per heavy atom. The van der Waals surface area contributed by atoms with Crippen LogP contribution in [0, 0.1) is 0 Å². The van der Waals surface area contributed by atoms with Gasteiger partial charge in [-0.3, -0.25) is 0 Å². The smallest absolute Gasteiger partial charge is 0.356 e. The first kappa shape index (κ1) is 12.0. The molecule has 1 N–H and O–H groups in total. The topological polar surface area (TPSA) is 99.0 Å². The molecule has 7 heteroatoms. The first-order valence-corrected chi connectivity index (χ1v) is 4.59. The number of carbonyl (C=O) groups is 1. The van der Waals surface area contributed by atoms with Crippen LogP contribution >= 0.6 is 11.6 Å². The van der Waals surface area contributed by atoms with Crippen LogP contribution in [0.4, 0.5) is 0 Å². The number of pyridine rings is 1. The number of azide groups is 1. The van der Waals surface area contributed by atoms with E-state index < -0.39 is 5.97 Å². The largest absolute Gasteiger partial charge is 0.476 e. The molecule has 0 bridgehead atoms. The third-order valence-electron chi connectivity index (χ3n) is 1.63. The van der Waals surface area contributed by atoms with Crippen molar-refractivity contribution in [1.82, 2.24) is 4.98 Å². The number of carboxylic acids is 1. The van der Waals surface area contributed by atoms with Gasteiger partial charge in [0.25, 0.3) is 0 Å². The Morgan fingerprint density at radius 1 is 1.75 bits per heavy atom. The Morgan fingerprint density at radius 3 is 3.06 bits per heavy atom. The Labute approximate surface area is 95.8 Å². The van der Waals surface area contributed by atoms with Crippen LogP contribution in [-0.4, -0.2) is 22.6 Å². The molecule has 0 radical (unpaired) electrons. The van der Waals surface area contributed by atoms with Gasteiger partial charge in [0.1, 0.15) is 0 Å². The molecule has 0 aromatic carbocycles. The summed E-state index contributed by atoms with van der Waals surface area (Å²) < 4.78 is 0. The second-order valence-corrected chi connectivity index (χ2v) is 3.13. The van der Waals surface area contributed by atoms with E-state index in [1.54, 1.807) is 12.2 Å². The van der Waals surface area contributed by atoms with Gasteiger partial charge in [0, 0.05) is 17.7 Å². The SMILES string of the molecule is [N-]=[N+]=NCC=Cc1cnc(C(=O)O)c(Cl)c1. The predicted molar refractivity (Wildman–Crippen MR) is 59.3 cm³/mol. The van der Waals surface area contributed by atoms with Gasteiger partial charge in [0.2, 0.25) is 0 Å². The van der Waals surface area contributed by atoms with E-state index in [1.165, 1.54) is 12.3 Å². The van der Waals surface area contributed by atoms with Crippen molar-refractivity contribution in [2.75, 3.05) is 6.54 Å². The Hall–Kier alpha value is -2.04. The average molecular weight is 239 g/mol. The quantitative estimate of drug-likeness (QED) is 0.496. The highest BCUT2D eigenvalue weighted by Crippen LogP contribution is 2.15. The molecule has 1 heterocycles. The van der Waals surface area contributed by atoms with Crippen LogP contribution in [0.15, 0.2) is 23.5 Å². The number of aromatic carboxylic acids is 1. The fourth-order valence-corrected chi connectivity index (χ4v) is 1.23. The third-order valence-corrected chi connectivity index (χ3v) is 1.91. The van der Waals surface area contributed by atoms with Gasteiger partial charge in [-0.2, -0.15) is 0 Å². The van der Waals surface area contributed by atoms with Crippen molar-refractivity contribution in [2.45, 2.75) is 0 Å². The molecule has 1 aromatic heterocycles. The van der Waals surface area contributed by atoms with Crippen LogP contribution in [-0.2, 0) is 0 Å². The van der Waals surface area contributed by atoms with Crippen LogP contribution in [0.2, 0.25) is 5.02 Å². The summed E-state index contributed by atoms with van der Waals surface area (Å²) in [6.07, 6.45) is 4.63. The summed E-state index contributed by atoms with van der Waals surface area (Å²) in [4.78, 5) is 16.9. The molecule has 0 aliphatic carbocycles. The summed E-state index contributed by atoms with van der Waals surface area (Å²) in [7, 11) is 0. The van der Waals surface area contributed by atoms with Gasteiger partial charge in [-0.25, -0.2) is 9.78 Å². The van der Waals surface area contributed by atoms with Gasteiger partial charge >= 0.3 is 5.97 Å². The zero-order chi connectivity index (χ0) is 12.0. The second-order valence-electron chi connectivity index (χ2n) is 2.72. The van der Waals surface area contributed by atoms with E-state index >= 15 is 0 Å². The molecule has 1 rings (SSSR count). The maximum absolute atomic E-state index is 10.6. The Balaban J connectivity index is 2.85. The molecule has 0 atom stereocenters. The first-order valence-electron chi connectivity index (χ1n) is 4.21. The summed E-state index contributed by atoms with van der Waals surface area (Å²) in [5.41, 5.74) is 8.49. The van der Waals surface area contributed by atoms with Crippen molar-refractivity contribution in [3.63, 3.8) is 0 Å². The van der Waals surface area contributed by atoms with Crippen molar-refractivity contribution < 1.29 is 9.90 Å². The molecule has 0 spiro atoms. The normalized spacial score (nSPS) is 10.1. The van der Waals surface area contributed by atoms with Gasteiger partial charge in [-0.1, -0.05) is 28.9 Å².